The molecular formula is C17H21FN2O4. The molecule has 2 fully saturated rings. The molecule has 1 aliphatic heterocycles. The number of benzene rings is 1. The third-order valence-electron chi connectivity index (χ3n) is 4.61. The minimum atomic E-state index is -1.09. The van der Waals surface area contributed by atoms with Gasteiger partial charge in [0.05, 0.1) is 6.54 Å². The molecule has 1 unspecified atom stereocenters. The van der Waals surface area contributed by atoms with E-state index < -0.39 is 23.5 Å². The maximum Gasteiger partial charge on any atom is 0.325 e. The molecule has 6 nitrogen and oxygen atoms in total. The molecule has 0 radical (unpaired) electrons. The van der Waals surface area contributed by atoms with Crippen LogP contribution in [-0.4, -0.2) is 46.7 Å². The highest BCUT2D eigenvalue weighted by Crippen LogP contribution is 2.33. The molecule has 3 rings (SSSR count). The van der Waals surface area contributed by atoms with Crippen LogP contribution in [0.2, 0.25) is 0 Å². The number of ether oxygens (including phenoxy) is 1. The van der Waals surface area contributed by atoms with E-state index in [9.17, 15) is 19.1 Å². The SMILES string of the molecule is O=C1NC2(CCCCC2)C(=O)N1CC(O)COc1ccccc1F. The Morgan fingerprint density at radius 1 is 1.25 bits per heavy atom. The maximum atomic E-state index is 13.5. The van der Waals surface area contributed by atoms with E-state index in [1.54, 1.807) is 6.07 Å². The lowest BCUT2D eigenvalue weighted by molar-refractivity contribution is -0.133. The quantitative estimate of drug-likeness (QED) is 0.804. The number of hydrogen-bond donors (Lipinski definition) is 2. The van der Waals surface area contributed by atoms with Crippen molar-refractivity contribution < 1.29 is 23.8 Å². The molecule has 1 atom stereocenters. The van der Waals surface area contributed by atoms with Crippen LogP contribution >= 0.6 is 0 Å². The zero-order chi connectivity index (χ0) is 17.2. The Labute approximate surface area is 139 Å². The summed E-state index contributed by atoms with van der Waals surface area (Å²) in [6.07, 6.45) is 3.05. The average molecular weight is 336 g/mol. The third kappa shape index (κ3) is 3.21. The van der Waals surface area contributed by atoms with E-state index in [0.29, 0.717) is 12.8 Å². The number of carbonyl (C=O) groups is 2. The molecule has 0 aromatic heterocycles. The first kappa shape index (κ1) is 16.7. The number of carbonyl (C=O) groups excluding carboxylic acids is 2. The largest absolute Gasteiger partial charge is 0.488 e. The summed E-state index contributed by atoms with van der Waals surface area (Å²) in [5.74, 6) is -0.782. The van der Waals surface area contributed by atoms with Gasteiger partial charge in [-0.15, -0.1) is 0 Å². The Morgan fingerprint density at radius 3 is 2.67 bits per heavy atom. The van der Waals surface area contributed by atoms with Crippen molar-refractivity contribution >= 4 is 11.9 Å². The van der Waals surface area contributed by atoms with Gasteiger partial charge < -0.3 is 15.2 Å². The standard InChI is InChI=1S/C17H21FN2O4/c18-13-6-2-3-7-14(13)24-11-12(21)10-20-15(22)17(19-16(20)23)8-4-1-5-9-17/h2-3,6-7,12,21H,1,4-5,8-11H2,(H,19,23). The fourth-order valence-electron chi connectivity index (χ4n) is 3.35. The predicted molar refractivity (Wildman–Crippen MR) is 84.0 cm³/mol. The number of aliphatic hydroxyl groups is 1. The second-order valence-electron chi connectivity index (χ2n) is 6.38. The van der Waals surface area contributed by atoms with E-state index in [1.165, 1.54) is 18.2 Å². The molecule has 1 aromatic carbocycles. The molecule has 24 heavy (non-hydrogen) atoms. The van der Waals surface area contributed by atoms with Gasteiger partial charge in [0.15, 0.2) is 11.6 Å². The van der Waals surface area contributed by atoms with E-state index in [2.05, 4.69) is 5.32 Å². The number of para-hydroxylation sites is 1. The maximum absolute atomic E-state index is 13.5. The van der Waals surface area contributed by atoms with Gasteiger partial charge in [-0.2, -0.15) is 0 Å². The Hall–Kier alpha value is -2.15. The highest BCUT2D eigenvalue weighted by atomic mass is 19.1. The van der Waals surface area contributed by atoms with E-state index in [0.717, 1.165) is 24.2 Å². The van der Waals surface area contributed by atoms with E-state index in [-0.39, 0.29) is 24.8 Å². The minimum Gasteiger partial charge on any atom is -0.488 e. The normalized spacial score (nSPS) is 21.0. The summed E-state index contributed by atoms with van der Waals surface area (Å²) in [5.41, 5.74) is -0.804. The summed E-state index contributed by atoms with van der Waals surface area (Å²) in [4.78, 5) is 25.7. The van der Waals surface area contributed by atoms with Crippen LogP contribution < -0.4 is 10.1 Å². The smallest absolute Gasteiger partial charge is 0.325 e. The number of nitrogens with one attached hydrogen (secondary N) is 1. The van der Waals surface area contributed by atoms with Crippen LogP contribution in [0.3, 0.4) is 0 Å². The number of nitrogens with zero attached hydrogens (tertiary/aromatic N) is 1. The fraction of sp³-hybridized carbons (Fsp3) is 0.529. The van der Waals surface area contributed by atoms with E-state index in [4.69, 9.17) is 4.74 Å². The minimum absolute atomic E-state index is 0.0255. The van der Waals surface area contributed by atoms with Gasteiger partial charge in [0.1, 0.15) is 18.2 Å². The van der Waals surface area contributed by atoms with Gasteiger partial charge >= 0.3 is 6.03 Å². The number of β-amino-alcohol motifs (C(OH)–C–C–N with tert-alkyl or cyclic N) is 1. The summed E-state index contributed by atoms with van der Waals surface area (Å²) in [6.45, 7) is -0.369. The Balaban J connectivity index is 1.58. The monoisotopic (exact) mass is 336 g/mol. The molecule has 130 valence electrons. The number of amides is 3. The second kappa shape index (κ2) is 6.76. The van der Waals surface area contributed by atoms with Crippen molar-refractivity contribution in [2.45, 2.75) is 43.7 Å². The van der Waals surface area contributed by atoms with Gasteiger partial charge in [-0.05, 0) is 25.0 Å². The van der Waals surface area contributed by atoms with Crippen LogP contribution in [0.15, 0.2) is 24.3 Å². The van der Waals surface area contributed by atoms with Crippen LogP contribution in [0.5, 0.6) is 5.75 Å². The van der Waals surface area contributed by atoms with Crippen LogP contribution in [0.25, 0.3) is 0 Å². The lowest BCUT2D eigenvalue weighted by Crippen LogP contribution is -2.48. The van der Waals surface area contributed by atoms with Crippen molar-refractivity contribution in [1.29, 1.82) is 0 Å². The summed E-state index contributed by atoms with van der Waals surface area (Å²) >= 11 is 0. The number of urea groups is 1. The Kier molecular flexibility index (Phi) is 4.71. The number of hydrogen-bond acceptors (Lipinski definition) is 4. The number of rotatable bonds is 5. The molecular weight excluding hydrogens is 315 g/mol. The van der Waals surface area contributed by atoms with Gasteiger partial charge in [0, 0.05) is 0 Å². The molecule has 1 heterocycles. The van der Waals surface area contributed by atoms with Crippen molar-refractivity contribution in [2.24, 2.45) is 0 Å². The molecule has 3 amide bonds. The van der Waals surface area contributed by atoms with Gasteiger partial charge in [-0.1, -0.05) is 31.4 Å². The first-order valence-electron chi connectivity index (χ1n) is 8.21. The van der Waals surface area contributed by atoms with Crippen LogP contribution in [0, 0.1) is 5.82 Å². The first-order valence-corrected chi connectivity index (χ1v) is 8.21. The van der Waals surface area contributed by atoms with Crippen LogP contribution in [-0.2, 0) is 4.79 Å². The summed E-state index contributed by atoms with van der Waals surface area (Å²) in [5, 5.41) is 12.8. The van der Waals surface area contributed by atoms with Crippen molar-refractivity contribution in [3.05, 3.63) is 30.1 Å². The van der Waals surface area contributed by atoms with Gasteiger partial charge in [-0.3, -0.25) is 9.69 Å². The molecule has 1 saturated carbocycles. The second-order valence-corrected chi connectivity index (χ2v) is 6.38. The van der Waals surface area contributed by atoms with Crippen LogP contribution in [0.1, 0.15) is 32.1 Å². The predicted octanol–water partition coefficient (Wildman–Crippen LogP) is 1.82. The zero-order valence-corrected chi connectivity index (χ0v) is 13.3. The molecule has 1 saturated heterocycles. The van der Waals surface area contributed by atoms with Gasteiger partial charge in [-0.25, -0.2) is 9.18 Å². The van der Waals surface area contributed by atoms with Crippen molar-refractivity contribution in [3.63, 3.8) is 0 Å². The van der Waals surface area contributed by atoms with Crippen LogP contribution in [0.4, 0.5) is 9.18 Å². The molecule has 7 heteroatoms. The summed E-state index contributed by atoms with van der Waals surface area (Å²) in [6, 6.07) is 5.38. The number of halogens is 1. The molecule has 1 spiro atoms. The van der Waals surface area contributed by atoms with Gasteiger partial charge in [0.25, 0.3) is 5.91 Å². The number of aliphatic hydroxyl groups excluding tert-OH is 1. The summed E-state index contributed by atoms with van der Waals surface area (Å²) in [7, 11) is 0. The molecule has 2 aliphatic rings. The van der Waals surface area contributed by atoms with Gasteiger partial charge in [0.2, 0.25) is 0 Å². The third-order valence-corrected chi connectivity index (χ3v) is 4.61. The topological polar surface area (TPSA) is 78.9 Å². The molecule has 0 bridgehead atoms. The number of imide groups is 1. The lowest BCUT2D eigenvalue weighted by Gasteiger charge is -2.30. The Bertz CT molecular complexity index is 631. The Morgan fingerprint density at radius 2 is 1.96 bits per heavy atom. The lowest BCUT2D eigenvalue weighted by atomic mass is 9.82. The fourth-order valence-corrected chi connectivity index (χ4v) is 3.35. The highest BCUT2D eigenvalue weighted by molar-refractivity contribution is 6.07. The molecule has 1 aromatic rings. The van der Waals surface area contributed by atoms with Crippen molar-refractivity contribution in [3.8, 4) is 5.75 Å². The van der Waals surface area contributed by atoms with E-state index >= 15 is 0 Å². The van der Waals surface area contributed by atoms with Crippen molar-refractivity contribution in [2.75, 3.05) is 13.2 Å². The average Bonchev–Trinajstić information content (AvgIpc) is 2.79. The molecule has 1 aliphatic carbocycles. The first-order chi connectivity index (χ1) is 11.5. The highest BCUT2D eigenvalue weighted by Gasteiger charge is 2.51. The molecule has 2 N–H and O–H groups in total. The summed E-state index contributed by atoms with van der Waals surface area (Å²) < 4.78 is 18.7. The van der Waals surface area contributed by atoms with E-state index in [1.807, 2.05) is 0 Å². The van der Waals surface area contributed by atoms with Crippen molar-refractivity contribution in [1.82, 2.24) is 10.2 Å². The zero-order valence-electron chi connectivity index (χ0n) is 13.3.